The van der Waals surface area contributed by atoms with Crippen molar-refractivity contribution in [2.24, 2.45) is 5.41 Å². The zero-order chi connectivity index (χ0) is 15.2. The molecule has 0 bridgehead atoms. The van der Waals surface area contributed by atoms with Crippen LogP contribution >= 0.6 is 43.5 Å². The maximum Gasteiger partial charge on any atom is 0.0633 e. The number of hydrogen-bond donors (Lipinski definition) is 1. The van der Waals surface area contributed by atoms with Crippen molar-refractivity contribution in [2.45, 2.75) is 26.3 Å². The first-order chi connectivity index (χ1) is 9.88. The quantitative estimate of drug-likeness (QED) is 0.567. The Kier molecular flexibility index (Phi) is 4.10. The molecule has 2 aromatic rings. The predicted molar refractivity (Wildman–Crippen MR) is 97.1 cm³/mol. The second-order valence-electron chi connectivity index (χ2n) is 6.18. The molecule has 0 saturated heterocycles. The van der Waals surface area contributed by atoms with Gasteiger partial charge in [0.05, 0.1) is 11.7 Å². The van der Waals surface area contributed by atoms with Gasteiger partial charge in [-0.05, 0) is 79.1 Å². The summed E-state index contributed by atoms with van der Waals surface area (Å²) in [6.45, 7) is 4.59. The summed E-state index contributed by atoms with van der Waals surface area (Å²) in [5.74, 6) is 0. The van der Waals surface area contributed by atoms with Gasteiger partial charge >= 0.3 is 0 Å². The Balaban J connectivity index is 2.04. The molecule has 1 N–H and O–H groups in total. The monoisotopic (exact) mass is 427 g/mol. The van der Waals surface area contributed by atoms with Crippen LogP contribution < -0.4 is 5.32 Å². The summed E-state index contributed by atoms with van der Waals surface area (Å²) in [6.07, 6.45) is 1.05. The van der Waals surface area contributed by atoms with Gasteiger partial charge < -0.3 is 5.32 Å². The fourth-order valence-electron chi connectivity index (χ4n) is 3.06. The Bertz CT molecular complexity index is 677. The van der Waals surface area contributed by atoms with Crippen LogP contribution in [0.4, 0.5) is 5.69 Å². The van der Waals surface area contributed by atoms with E-state index in [2.05, 4.69) is 63.2 Å². The van der Waals surface area contributed by atoms with Crippen molar-refractivity contribution >= 4 is 49.1 Å². The third-order valence-electron chi connectivity index (χ3n) is 4.10. The van der Waals surface area contributed by atoms with Crippen LogP contribution in [0.15, 0.2) is 45.3 Å². The number of rotatable bonds is 2. The molecule has 0 saturated carbocycles. The zero-order valence-electron chi connectivity index (χ0n) is 11.9. The zero-order valence-corrected chi connectivity index (χ0v) is 15.8. The summed E-state index contributed by atoms with van der Waals surface area (Å²) in [5.41, 5.74) is 3.91. The van der Waals surface area contributed by atoms with E-state index in [0.717, 1.165) is 26.1 Å². The van der Waals surface area contributed by atoms with Gasteiger partial charge in [-0.1, -0.05) is 37.6 Å². The van der Waals surface area contributed by atoms with E-state index in [9.17, 15) is 0 Å². The molecule has 4 heteroatoms. The Morgan fingerprint density at radius 1 is 1.14 bits per heavy atom. The van der Waals surface area contributed by atoms with Crippen LogP contribution in [0.1, 0.15) is 31.0 Å². The maximum atomic E-state index is 6.20. The second-order valence-corrected chi connectivity index (χ2v) is 8.33. The van der Waals surface area contributed by atoms with E-state index in [1.165, 1.54) is 11.1 Å². The first kappa shape index (κ1) is 15.4. The van der Waals surface area contributed by atoms with Crippen molar-refractivity contribution in [3.05, 3.63) is 61.5 Å². The van der Waals surface area contributed by atoms with Gasteiger partial charge in [0.15, 0.2) is 0 Å². The normalized spacial score (nSPS) is 19.4. The number of para-hydroxylation sites is 1. The summed E-state index contributed by atoms with van der Waals surface area (Å²) in [6, 6.07) is 12.6. The highest BCUT2D eigenvalue weighted by molar-refractivity contribution is 9.11. The fourth-order valence-corrected chi connectivity index (χ4v) is 4.47. The first-order valence-electron chi connectivity index (χ1n) is 6.87. The number of halogens is 3. The minimum Gasteiger partial charge on any atom is -0.376 e. The van der Waals surface area contributed by atoms with E-state index in [1.807, 2.05) is 24.3 Å². The average molecular weight is 430 g/mol. The fraction of sp³-hybridized carbons (Fsp3) is 0.294. The molecule has 1 unspecified atom stereocenters. The molecule has 21 heavy (non-hydrogen) atoms. The number of hydrogen-bond acceptors (Lipinski definition) is 1. The lowest BCUT2D eigenvalue weighted by Crippen LogP contribution is -2.24. The van der Waals surface area contributed by atoms with Crippen molar-refractivity contribution in [3.8, 4) is 0 Å². The summed E-state index contributed by atoms with van der Waals surface area (Å²) >= 11 is 13.5. The number of nitrogens with one attached hydrogen (secondary N) is 1. The molecule has 1 nitrogen and oxygen atoms in total. The highest BCUT2D eigenvalue weighted by Crippen LogP contribution is 2.49. The second kappa shape index (κ2) is 5.60. The Morgan fingerprint density at radius 3 is 2.48 bits per heavy atom. The molecule has 3 rings (SSSR count). The van der Waals surface area contributed by atoms with Gasteiger partial charge in [0.2, 0.25) is 0 Å². The van der Waals surface area contributed by atoms with Crippen molar-refractivity contribution in [1.82, 2.24) is 0 Å². The van der Waals surface area contributed by atoms with E-state index < -0.39 is 0 Å². The molecule has 1 atom stereocenters. The molecule has 0 spiro atoms. The van der Waals surface area contributed by atoms with E-state index >= 15 is 0 Å². The average Bonchev–Trinajstić information content (AvgIpc) is 2.64. The molecular weight excluding hydrogens is 413 g/mol. The number of benzene rings is 2. The first-order valence-corrected chi connectivity index (χ1v) is 8.84. The third-order valence-corrected chi connectivity index (χ3v) is 5.65. The van der Waals surface area contributed by atoms with Gasteiger partial charge in [0.25, 0.3) is 0 Å². The van der Waals surface area contributed by atoms with E-state index in [1.54, 1.807) is 0 Å². The Hall–Kier alpha value is -0.510. The van der Waals surface area contributed by atoms with Crippen LogP contribution in [0.2, 0.25) is 5.02 Å². The van der Waals surface area contributed by atoms with Gasteiger partial charge in [0.1, 0.15) is 0 Å². The maximum absolute atomic E-state index is 6.20. The molecule has 0 aliphatic heterocycles. The van der Waals surface area contributed by atoms with Crippen LogP contribution in [0, 0.1) is 5.41 Å². The molecule has 2 aromatic carbocycles. The molecule has 0 heterocycles. The van der Waals surface area contributed by atoms with E-state index in [-0.39, 0.29) is 11.5 Å². The number of fused-ring (bicyclic) bond motifs is 1. The summed E-state index contributed by atoms with van der Waals surface area (Å²) in [4.78, 5) is 0. The molecule has 0 radical (unpaired) electrons. The van der Waals surface area contributed by atoms with Gasteiger partial charge in [-0.25, -0.2) is 0 Å². The van der Waals surface area contributed by atoms with Crippen LogP contribution in [0.3, 0.4) is 0 Å². The van der Waals surface area contributed by atoms with Crippen molar-refractivity contribution in [1.29, 1.82) is 0 Å². The molecule has 0 aromatic heterocycles. The SMILES string of the molecule is CC1(C)Cc2ccc(Cl)cc2C1Nc1c(Br)cccc1Br. The molecule has 0 amide bonds. The van der Waals surface area contributed by atoms with Gasteiger partial charge in [-0.2, -0.15) is 0 Å². The minimum absolute atomic E-state index is 0.141. The molecule has 0 fully saturated rings. The lowest BCUT2D eigenvalue weighted by molar-refractivity contribution is 0.337. The minimum atomic E-state index is 0.141. The van der Waals surface area contributed by atoms with E-state index in [0.29, 0.717) is 0 Å². The van der Waals surface area contributed by atoms with Gasteiger partial charge in [-0.3, -0.25) is 0 Å². The molecule has 110 valence electrons. The van der Waals surface area contributed by atoms with Crippen molar-refractivity contribution in [2.75, 3.05) is 5.32 Å². The lowest BCUT2D eigenvalue weighted by Gasteiger charge is -2.30. The largest absolute Gasteiger partial charge is 0.376 e. The van der Waals surface area contributed by atoms with Gasteiger partial charge in [-0.15, -0.1) is 0 Å². The lowest BCUT2D eigenvalue weighted by atomic mass is 9.85. The molecule has 1 aliphatic carbocycles. The Morgan fingerprint density at radius 2 is 1.81 bits per heavy atom. The van der Waals surface area contributed by atoms with E-state index in [4.69, 9.17) is 11.6 Å². The molecule has 1 aliphatic rings. The van der Waals surface area contributed by atoms with Crippen LogP contribution in [-0.4, -0.2) is 0 Å². The standard InChI is InChI=1S/C17H16Br2ClN/c1-17(2)9-10-6-7-11(20)8-12(10)16(17)21-15-13(18)4-3-5-14(15)19/h3-8,16,21H,9H2,1-2H3. The summed E-state index contributed by atoms with van der Waals surface area (Å²) in [7, 11) is 0. The van der Waals surface area contributed by atoms with Crippen molar-refractivity contribution < 1.29 is 0 Å². The Labute approximate surface area is 147 Å². The van der Waals surface area contributed by atoms with Crippen molar-refractivity contribution in [3.63, 3.8) is 0 Å². The summed E-state index contributed by atoms with van der Waals surface area (Å²) in [5, 5.41) is 4.49. The highest BCUT2D eigenvalue weighted by Gasteiger charge is 2.39. The third kappa shape index (κ3) is 2.88. The van der Waals surface area contributed by atoms with Crippen LogP contribution in [-0.2, 0) is 6.42 Å². The summed E-state index contributed by atoms with van der Waals surface area (Å²) < 4.78 is 2.12. The highest BCUT2D eigenvalue weighted by atomic mass is 79.9. The van der Waals surface area contributed by atoms with Gasteiger partial charge in [0, 0.05) is 14.0 Å². The topological polar surface area (TPSA) is 12.0 Å². The number of anilines is 1. The van der Waals surface area contributed by atoms with Crippen LogP contribution in [0.25, 0.3) is 0 Å². The smallest absolute Gasteiger partial charge is 0.0633 e. The van der Waals surface area contributed by atoms with Crippen LogP contribution in [0.5, 0.6) is 0 Å². The molecular formula is C17H16Br2ClN. The predicted octanol–water partition coefficient (Wildman–Crippen LogP) is 6.60.